The first-order valence-corrected chi connectivity index (χ1v) is 5.14. The third kappa shape index (κ3) is 3.90. The van der Waals surface area contributed by atoms with E-state index in [0.29, 0.717) is 0 Å². The summed E-state index contributed by atoms with van der Waals surface area (Å²) in [6.07, 6.45) is 3.26. The van der Waals surface area contributed by atoms with Gasteiger partial charge in [0.2, 0.25) is 0 Å². The van der Waals surface area contributed by atoms with Crippen molar-refractivity contribution in [1.29, 1.82) is 0 Å². The monoisotopic (exact) mass is 193 g/mol. The molecule has 0 bridgehead atoms. The van der Waals surface area contributed by atoms with E-state index in [9.17, 15) is 0 Å². The molecule has 2 N–H and O–H groups in total. The maximum absolute atomic E-state index is 6.04. The van der Waals surface area contributed by atoms with Gasteiger partial charge in [-0.2, -0.15) is 0 Å². The topological polar surface area (TPSA) is 35.2 Å². The summed E-state index contributed by atoms with van der Waals surface area (Å²) in [6, 6.07) is 10.4. The van der Waals surface area contributed by atoms with E-state index in [1.807, 2.05) is 18.2 Å². The number of hydrogen-bond donors (Lipinski definition) is 1. The van der Waals surface area contributed by atoms with Crippen LogP contribution in [-0.2, 0) is 4.74 Å². The third-order valence-electron chi connectivity index (χ3n) is 2.34. The lowest BCUT2D eigenvalue weighted by atomic mass is 10.0. The van der Waals surface area contributed by atoms with Crippen LogP contribution in [0.4, 0.5) is 0 Å². The molecule has 0 amide bonds. The lowest BCUT2D eigenvalue weighted by molar-refractivity contribution is 0.191. The van der Waals surface area contributed by atoms with Crippen molar-refractivity contribution in [2.75, 3.05) is 13.7 Å². The van der Waals surface area contributed by atoms with Gasteiger partial charge in [0.25, 0.3) is 0 Å². The number of methoxy groups -OCH3 is 1. The summed E-state index contributed by atoms with van der Waals surface area (Å²) in [5.41, 5.74) is 7.26. The molecule has 0 aliphatic carbocycles. The fourth-order valence-corrected chi connectivity index (χ4v) is 1.48. The second-order valence-corrected chi connectivity index (χ2v) is 3.51. The first kappa shape index (κ1) is 11.2. The van der Waals surface area contributed by atoms with E-state index < -0.39 is 0 Å². The Labute approximate surface area is 86.1 Å². The Hall–Kier alpha value is -0.860. The van der Waals surface area contributed by atoms with Crippen LogP contribution in [-0.4, -0.2) is 13.7 Å². The molecule has 0 aromatic heterocycles. The number of ether oxygens (including phenoxy) is 1. The predicted molar refractivity (Wildman–Crippen MR) is 59.1 cm³/mol. The zero-order chi connectivity index (χ0) is 10.2. The van der Waals surface area contributed by atoms with Crippen LogP contribution in [0.1, 0.15) is 30.9 Å². The molecule has 1 aromatic rings. The fourth-order valence-electron chi connectivity index (χ4n) is 1.48. The highest BCUT2D eigenvalue weighted by Crippen LogP contribution is 2.15. The summed E-state index contributed by atoms with van der Waals surface area (Å²) in [5.74, 6) is 0. The second kappa shape index (κ2) is 6.57. The van der Waals surface area contributed by atoms with E-state index in [1.54, 1.807) is 7.11 Å². The van der Waals surface area contributed by atoms with Gasteiger partial charge in [-0.15, -0.1) is 0 Å². The number of nitrogens with two attached hydrogens (primary N) is 1. The van der Waals surface area contributed by atoms with Crippen LogP contribution in [0.2, 0.25) is 0 Å². The Morgan fingerprint density at radius 2 is 1.93 bits per heavy atom. The van der Waals surface area contributed by atoms with Crippen molar-refractivity contribution in [3.05, 3.63) is 35.9 Å². The molecule has 0 saturated carbocycles. The van der Waals surface area contributed by atoms with E-state index in [-0.39, 0.29) is 6.04 Å². The molecular formula is C12H19NO. The Bertz CT molecular complexity index is 235. The number of benzene rings is 1. The van der Waals surface area contributed by atoms with Crippen LogP contribution in [0.15, 0.2) is 30.3 Å². The quantitative estimate of drug-likeness (QED) is 0.704. The van der Waals surface area contributed by atoms with Gasteiger partial charge in [0.05, 0.1) is 0 Å². The lowest BCUT2D eigenvalue weighted by Gasteiger charge is -2.11. The minimum absolute atomic E-state index is 0.174. The zero-order valence-corrected chi connectivity index (χ0v) is 8.78. The van der Waals surface area contributed by atoms with Crippen molar-refractivity contribution in [1.82, 2.24) is 0 Å². The maximum Gasteiger partial charge on any atom is 0.0462 e. The Morgan fingerprint density at radius 1 is 1.21 bits per heavy atom. The molecule has 1 atom stereocenters. The highest BCUT2D eigenvalue weighted by atomic mass is 16.5. The number of hydrogen-bond acceptors (Lipinski definition) is 2. The molecule has 0 aliphatic rings. The van der Waals surface area contributed by atoms with Gasteiger partial charge in [-0.25, -0.2) is 0 Å². The van der Waals surface area contributed by atoms with Crippen molar-refractivity contribution < 1.29 is 4.74 Å². The lowest BCUT2D eigenvalue weighted by Crippen LogP contribution is -2.10. The normalized spacial score (nSPS) is 12.7. The first-order chi connectivity index (χ1) is 6.84. The van der Waals surface area contributed by atoms with Crippen molar-refractivity contribution in [2.24, 2.45) is 5.73 Å². The van der Waals surface area contributed by atoms with E-state index in [1.165, 1.54) is 5.56 Å². The third-order valence-corrected chi connectivity index (χ3v) is 2.34. The van der Waals surface area contributed by atoms with E-state index >= 15 is 0 Å². The van der Waals surface area contributed by atoms with Gasteiger partial charge < -0.3 is 10.5 Å². The highest BCUT2D eigenvalue weighted by molar-refractivity contribution is 5.18. The van der Waals surface area contributed by atoms with E-state index in [0.717, 1.165) is 25.9 Å². The predicted octanol–water partition coefficient (Wildman–Crippen LogP) is 2.50. The Morgan fingerprint density at radius 3 is 2.57 bits per heavy atom. The number of rotatable bonds is 6. The molecule has 0 radical (unpaired) electrons. The number of unbranched alkanes of at least 4 members (excludes halogenated alkanes) is 1. The van der Waals surface area contributed by atoms with Crippen LogP contribution in [0.25, 0.3) is 0 Å². The smallest absolute Gasteiger partial charge is 0.0462 e. The highest BCUT2D eigenvalue weighted by Gasteiger charge is 2.03. The van der Waals surface area contributed by atoms with Crippen molar-refractivity contribution in [3.8, 4) is 0 Å². The zero-order valence-electron chi connectivity index (χ0n) is 8.78. The van der Waals surface area contributed by atoms with Crippen LogP contribution in [0.3, 0.4) is 0 Å². The standard InChI is InChI=1S/C12H19NO/c1-14-10-6-5-9-12(13)11-7-3-2-4-8-11/h2-4,7-8,12H,5-6,9-10,13H2,1H3. The van der Waals surface area contributed by atoms with Gasteiger partial charge >= 0.3 is 0 Å². The second-order valence-electron chi connectivity index (χ2n) is 3.51. The summed E-state index contributed by atoms with van der Waals surface area (Å²) < 4.78 is 4.99. The van der Waals surface area contributed by atoms with E-state index in [2.05, 4.69) is 12.1 Å². The van der Waals surface area contributed by atoms with Crippen molar-refractivity contribution in [3.63, 3.8) is 0 Å². The summed E-state index contributed by atoms with van der Waals surface area (Å²) in [6.45, 7) is 0.835. The minimum Gasteiger partial charge on any atom is -0.385 e. The average molecular weight is 193 g/mol. The Balaban J connectivity index is 2.25. The molecule has 1 rings (SSSR count). The molecule has 0 saturated heterocycles. The van der Waals surface area contributed by atoms with Crippen LogP contribution in [0, 0.1) is 0 Å². The van der Waals surface area contributed by atoms with Gasteiger partial charge in [0.15, 0.2) is 0 Å². The fraction of sp³-hybridized carbons (Fsp3) is 0.500. The van der Waals surface area contributed by atoms with Crippen molar-refractivity contribution >= 4 is 0 Å². The van der Waals surface area contributed by atoms with E-state index in [4.69, 9.17) is 10.5 Å². The van der Waals surface area contributed by atoms with Gasteiger partial charge in [0.1, 0.15) is 0 Å². The molecular weight excluding hydrogens is 174 g/mol. The van der Waals surface area contributed by atoms with Crippen LogP contribution >= 0.6 is 0 Å². The summed E-state index contributed by atoms with van der Waals surface area (Å²) >= 11 is 0. The van der Waals surface area contributed by atoms with Crippen molar-refractivity contribution in [2.45, 2.75) is 25.3 Å². The van der Waals surface area contributed by atoms with Gasteiger partial charge in [0, 0.05) is 19.8 Å². The SMILES string of the molecule is COCCCCC(N)c1ccccc1. The van der Waals surface area contributed by atoms with Crippen LogP contribution < -0.4 is 5.73 Å². The van der Waals surface area contributed by atoms with Crippen LogP contribution in [0.5, 0.6) is 0 Å². The minimum atomic E-state index is 0.174. The Kier molecular flexibility index (Phi) is 5.27. The molecule has 78 valence electrons. The first-order valence-electron chi connectivity index (χ1n) is 5.14. The van der Waals surface area contributed by atoms with Gasteiger partial charge in [-0.3, -0.25) is 0 Å². The van der Waals surface area contributed by atoms with Gasteiger partial charge in [-0.05, 0) is 24.8 Å². The molecule has 0 fully saturated rings. The molecule has 2 nitrogen and oxygen atoms in total. The maximum atomic E-state index is 6.04. The molecule has 2 heteroatoms. The molecule has 1 aromatic carbocycles. The molecule has 1 unspecified atom stereocenters. The molecule has 14 heavy (non-hydrogen) atoms. The molecule has 0 heterocycles. The largest absolute Gasteiger partial charge is 0.385 e. The average Bonchev–Trinajstić information content (AvgIpc) is 2.25. The van der Waals surface area contributed by atoms with Gasteiger partial charge in [-0.1, -0.05) is 30.3 Å². The molecule has 0 aliphatic heterocycles. The molecule has 0 spiro atoms. The summed E-state index contributed by atoms with van der Waals surface area (Å²) in [7, 11) is 1.73. The summed E-state index contributed by atoms with van der Waals surface area (Å²) in [5, 5.41) is 0. The summed E-state index contributed by atoms with van der Waals surface area (Å²) in [4.78, 5) is 0.